The highest BCUT2D eigenvalue weighted by molar-refractivity contribution is 5.89. The van der Waals surface area contributed by atoms with Gasteiger partial charge in [-0.3, -0.25) is 0 Å². The molecule has 76 valence electrons. The Hall–Kier alpha value is -1.55. The third-order valence-electron chi connectivity index (χ3n) is 1.66. The number of rotatable bonds is 4. The molecule has 0 bridgehead atoms. The lowest BCUT2D eigenvalue weighted by Crippen LogP contribution is -2.10. The molecular formula is C10H13NO3. The standard InChI is InChI=1S/C10H13NO3/c1-13-10(12)8-2-4-9(5-3-8)14-7-6-11/h2-5H,6-7,11H2,1H3. The second-order valence-electron chi connectivity index (χ2n) is 2.65. The van der Waals surface area contributed by atoms with Gasteiger partial charge >= 0.3 is 5.97 Å². The van der Waals surface area contributed by atoms with Gasteiger partial charge in [0, 0.05) is 6.54 Å². The molecule has 0 amide bonds. The maximum absolute atomic E-state index is 11.1. The average molecular weight is 195 g/mol. The highest BCUT2D eigenvalue weighted by Gasteiger charge is 2.03. The minimum absolute atomic E-state index is 0.352. The molecular weight excluding hydrogens is 182 g/mol. The zero-order valence-corrected chi connectivity index (χ0v) is 8.03. The normalized spacial score (nSPS) is 9.57. The van der Waals surface area contributed by atoms with Gasteiger partial charge in [0.15, 0.2) is 0 Å². The Morgan fingerprint density at radius 2 is 2.00 bits per heavy atom. The SMILES string of the molecule is COC(=O)c1ccc(OCCN)cc1. The Labute approximate surface area is 82.6 Å². The molecule has 0 radical (unpaired) electrons. The minimum atomic E-state index is -0.352. The molecule has 0 saturated heterocycles. The fourth-order valence-electron chi connectivity index (χ4n) is 0.982. The smallest absolute Gasteiger partial charge is 0.337 e. The summed E-state index contributed by atoms with van der Waals surface area (Å²) in [4.78, 5) is 11.1. The van der Waals surface area contributed by atoms with Crippen LogP contribution in [0.1, 0.15) is 10.4 Å². The van der Waals surface area contributed by atoms with E-state index in [0.29, 0.717) is 24.5 Å². The van der Waals surface area contributed by atoms with E-state index in [0.717, 1.165) is 0 Å². The van der Waals surface area contributed by atoms with Crippen LogP contribution < -0.4 is 10.5 Å². The van der Waals surface area contributed by atoms with Gasteiger partial charge in [-0.1, -0.05) is 0 Å². The minimum Gasteiger partial charge on any atom is -0.492 e. The number of carbonyl (C=O) groups is 1. The molecule has 0 atom stereocenters. The van der Waals surface area contributed by atoms with Gasteiger partial charge in [0.25, 0.3) is 0 Å². The van der Waals surface area contributed by atoms with Gasteiger partial charge in [-0.05, 0) is 24.3 Å². The number of ether oxygens (including phenoxy) is 2. The van der Waals surface area contributed by atoms with Gasteiger partial charge in [0.2, 0.25) is 0 Å². The zero-order chi connectivity index (χ0) is 10.4. The molecule has 1 rings (SSSR count). The van der Waals surface area contributed by atoms with Crippen LogP contribution in [0.2, 0.25) is 0 Å². The number of esters is 1. The second kappa shape index (κ2) is 5.24. The molecule has 1 aromatic rings. The number of benzene rings is 1. The summed E-state index contributed by atoms with van der Waals surface area (Å²) in [6.45, 7) is 0.941. The van der Waals surface area contributed by atoms with E-state index >= 15 is 0 Å². The maximum Gasteiger partial charge on any atom is 0.337 e. The fraction of sp³-hybridized carbons (Fsp3) is 0.300. The van der Waals surface area contributed by atoms with Crippen LogP contribution in [0.25, 0.3) is 0 Å². The summed E-state index contributed by atoms with van der Waals surface area (Å²) in [6.07, 6.45) is 0. The van der Waals surface area contributed by atoms with E-state index < -0.39 is 0 Å². The largest absolute Gasteiger partial charge is 0.492 e. The van der Waals surface area contributed by atoms with Crippen LogP contribution in [0, 0.1) is 0 Å². The van der Waals surface area contributed by atoms with Crippen molar-refractivity contribution < 1.29 is 14.3 Å². The number of nitrogens with two attached hydrogens (primary N) is 1. The van der Waals surface area contributed by atoms with Crippen LogP contribution in [0.5, 0.6) is 5.75 Å². The summed E-state index contributed by atoms with van der Waals surface area (Å²) in [7, 11) is 1.35. The van der Waals surface area contributed by atoms with E-state index in [1.54, 1.807) is 24.3 Å². The molecule has 0 spiro atoms. The van der Waals surface area contributed by atoms with E-state index in [9.17, 15) is 4.79 Å². The highest BCUT2D eigenvalue weighted by Crippen LogP contribution is 2.12. The van der Waals surface area contributed by atoms with Gasteiger partial charge in [-0.2, -0.15) is 0 Å². The van der Waals surface area contributed by atoms with Crippen molar-refractivity contribution in [2.75, 3.05) is 20.3 Å². The molecule has 0 saturated carbocycles. The Bertz CT molecular complexity index is 295. The fourth-order valence-corrected chi connectivity index (χ4v) is 0.982. The van der Waals surface area contributed by atoms with Crippen molar-refractivity contribution in [3.05, 3.63) is 29.8 Å². The van der Waals surface area contributed by atoms with Crippen LogP contribution >= 0.6 is 0 Å². The van der Waals surface area contributed by atoms with Crippen molar-refractivity contribution in [3.63, 3.8) is 0 Å². The first kappa shape index (κ1) is 10.5. The van der Waals surface area contributed by atoms with Crippen LogP contribution in [0.3, 0.4) is 0 Å². The third kappa shape index (κ3) is 2.74. The van der Waals surface area contributed by atoms with Crippen LogP contribution in [-0.4, -0.2) is 26.2 Å². The van der Waals surface area contributed by atoms with Crippen LogP contribution in [0.4, 0.5) is 0 Å². The molecule has 0 aliphatic rings. The summed E-state index contributed by atoms with van der Waals surface area (Å²) in [6, 6.07) is 6.72. The highest BCUT2D eigenvalue weighted by atomic mass is 16.5. The molecule has 0 fully saturated rings. The lowest BCUT2D eigenvalue weighted by molar-refractivity contribution is 0.0600. The molecule has 4 heteroatoms. The summed E-state index contributed by atoms with van der Waals surface area (Å²) in [5, 5.41) is 0. The Balaban J connectivity index is 2.63. The topological polar surface area (TPSA) is 61.5 Å². The second-order valence-corrected chi connectivity index (χ2v) is 2.65. The molecule has 0 unspecified atom stereocenters. The lowest BCUT2D eigenvalue weighted by atomic mass is 10.2. The first-order valence-corrected chi connectivity index (χ1v) is 4.29. The molecule has 14 heavy (non-hydrogen) atoms. The van der Waals surface area contributed by atoms with Crippen molar-refractivity contribution in [1.29, 1.82) is 0 Å². The van der Waals surface area contributed by atoms with Crippen LogP contribution in [-0.2, 0) is 4.74 Å². The quantitative estimate of drug-likeness (QED) is 0.722. The van der Waals surface area contributed by atoms with Crippen molar-refractivity contribution in [2.45, 2.75) is 0 Å². The molecule has 0 aliphatic heterocycles. The number of carbonyl (C=O) groups excluding carboxylic acids is 1. The van der Waals surface area contributed by atoms with Crippen molar-refractivity contribution in [1.82, 2.24) is 0 Å². The van der Waals surface area contributed by atoms with E-state index in [4.69, 9.17) is 10.5 Å². The average Bonchev–Trinajstić information content (AvgIpc) is 2.26. The summed E-state index contributed by atoms with van der Waals surface area (Å²) in [5.74, 6) is 0.346. The van der Waals surface area contributed by atoms with Gasteiger partial charge in [-0.15, -0.1) is 0 Å². The Morgan fingerprint density at radius 3 is 2.50 bits per heavy atom. The number of hydrogen-bond acceptors (Lipinski definition) is 4. The number of methoxy groups -OCH3 is 1. The first-order valence-electron chi connectivity index (χ1n) is 4.29. The van der Waals surface area contributed by atoms with E-state index in [1.807, 2.05) is 0 Å². The third-order valence-corrected chi connectivity index (χ3v) is 1.66. The molecule has 2 N–H and O–H groups in total. The predicted molar refractivity (Wildman–Crippen MR) is 52.3 cm³/mol. The summed E-state index contributed by atoms with van der Waals surface area (Å²) < 4.78 is 9.80. The maximum atomic E-state index is 11.1. The van der Waals surface area contributed by atoms with Crippen molar-refractivity contribution in [3.8, 4) is 5.75 Å². The van der Waals surface area contributed by atoms with E-state index in [2.05, 4.69) is 4.74 Å². The zero-order valence-electron chi connectivity index (χ0n) is 8.03. The summed E-state index contributed by atoms with van der Waals surface area (Å²) in [5.41, 5.74) is 5.78. The Morgan fingerprint density at radius 1 is 1.36 bits per heavy atom. The molecule has 4 nitrogen and oxygen atoms in total. The van der Waals surface area contributed by atoms with Crippen molar-refractivity contribution in [2.24, 2.45) is 5.73 Å². The van der Waals surface area contributed by atoms with Gasteiger partial charge < -0.3 is 15.2 Å². The molecule has 1 aromatic carbocycles. The van der Waals surface area contributed by atoms with E-state index in [1.165, 1.54) is 7.11 Å². The van der Waals surface area contributed by atoms with Gasteiger partial charge in [0.05, 0.1) is 12.7 Å². The van der Waals surface area contributed by atoms with Crippen molar-refractivity contribution >= 4 is 5.97 Å². The number of hydrogen-bond donors (Lipinski definition) is 1. The molecule has 0 aromatic heterocycles. The molecule has 0 aliphatic carbocycles. The predicted octanol–water partition coefficient (Wildman–Crippen LogP) is 0.811. The Kier molecular flexibility index (Phi) is 3.94. The van der Waals surface area contributed by atoms with Gasteiger partial charge in [0.1, 0.15) is 12.4 Å². The van der Waals surface area contributed by atoms with E-state index in [-0.39, 0.29) is 5.97 Å². The first-order chi connectivity index (χ1) is 6.77. The monoisotopic (exact) mass is 195 g/mol. The molecule has 0 heterocycles. The summed E-state index contributed by atoms with van der Waals surface area (Å²) >= 11 is 0. The van der Waals surface area contributed by atoms with Gasteiger partial charge in [-0.25, -0.2) is 4.79 Å². The van der Waals surface area contributed by atoms with Crippen LogP contribution in [0.15, 0.2) is 24.3 Å². The lowest BCUT2D eigenvalue weighted by Gasteiger charge is -2.04.